The molecule has 19 heavy (non-hydrogen) atoms. The molecule has 1 amide bonds. The van der Waals surface area contributed by atoms with Crippen molar-refractivity contribution in [2.75, 3.05) is 45.8 Å². The molecule has 0 aliphatic heterocycles. The minimum Gasteiger partial charge on any atom is -0.491 e. The van der Waals surface area contributed by atoms with E-state index in [1.54, 1.807) is 19.0 Å². The molecule has 0 radical (unpaired) electrons. The molecule has 106 valence electrons. The number of nitrogens with zero attached hydrogens (tertiary/aromatic N) is 1. The Bertz CT molecular complexity index is 377. The van der Waals surface area contributed by atoms with Gasteiger partial charge in [-0.25, -0.2) is 0 Å². The van der Waals surface area contributed by atoms with Crippen molar-refractivity contribution < 1.29 is 14.3 Å². The molecule has 0 aliphatic carbocycles. The summed E-state index contributed by atoms with van der Waals surface area (Å²) in [5.41, 5.74) is 0.896. The van der Waals surface area contributed by atoms with Crippen molar-refractivity contribution in [2.24, 2.45) is 0 Å². The van der Waals surface area contributed by atoms with E-state index in [-0.39, 0.29) is 12.5 Å². The molecule has 0 unspecified atom stereocenters. The van der Waals surface area contributed by atoms with Crippen LogP contribution in [0.5, 0.6) is 5.75 Å². The minimum absolute atomic E-state index is 0.0389. The fraction of sp³-hybridized carbons (Fsp3) is 0.500. The van der Waals surface area contributed by atoms with Gasteiger partial charge in [0.25, 0.3) is 0 Å². The van der Waals surface area contributed by atoms with Crippen LogP contribution >= 0.6 is 0 Å². The molecule has 1 aromatic rings. The van der Waals surface area contributed by atoms with Gasteiger partial charge in [0.15, 0.2) is 0 Å². The molecular formula is C14H22N2O3. The van der Waals surface area contributed by atoms with E-state index in [2.05, 4.69) is 5.32 Å². The Morgan fingerprint density at radius 3 is 2.47 bits per heavy atom. The number of amides is 1. The zero-order valence-corrected chi connectivity index (χ0v) is 11.8. The van der Waals surface area contributed by atoms with Crippen LogP contribution in [-0.4, -0.2) is 51.3 Å². The Hall–Kier alpha value is -1.75. The van der Waals surface area contributed by atoms with E-state index < -0.39 is 0 Å². The van der Waals surface area contributed by atoms with E-state index in [1.807, 2.05) is 31.2 Å². The number of carbonyl (C=O) groups is 1. The lowest BCUT2D eigenvalue weighted by atomic mass is 10.3. The van der Waals surface area contributed by atoms with Crippen LogP contribution in [-0.2, 0) is 9.53 Å². The second-order valence-electron chi connectivity index (χ2n) is 4.21. The Balaban J connectivity index is 2.33. The maximum Gasteiger partial charge on any atom is 0.241 e. The number of hydrogen-bond acceptors (Lipinski definition) is 4. The minimum atomic E-state index is 0.0389. The van der Waals surface area contributed by atoms with Crippen LogP contribution in [0.4, 0.5) is 5.69 Å². The van der Waals surface area contributed by atoms with Crippen LogP contribution in [0.1, 0.15) is 6.92 Å². The molecule has 0 spiro atoms. The third-order valence-corrected chi connectivity index (χ3v) is 2.50. The molecule has 0 aliphatic rings. The van der Waals surface area contributed by atoms with E-state index >= 15 is 0 Å². The number of ether oxygens (including phenoxy) is 2. The molecule has 0 heterocycles. The number of carbonyl (C=O) groups excluding carboxylic acids is 1. The lowest BCUT2D eigenvalue weighted by molar-refractivity contribution is -0.126. The summed E-state index contributed by atoms with van der Waals surface area (Å²) in [5, 5.41) is 3.06. The molecule has 1 aromatic carbocycles. The summed E-state index contributed by atoms with van der Waals surface area (Å²) in [6.07, 6.45) is 0. The molecule has 1 N–H and O–H groups in total. The van der Waals surface area contributed by atoms with Crippen LogP contribution in [0.25, 0.3) is 0 Å². The van der Waals surface area contributed by atoms with Crippen LogP contribution in [0.2, 0.25) is 0 Å². The molecule has 5 nitrogen and oxygen atoms in total. The quantitative estimate of drug-likeness (QED) is 0.726. The van der Waals surface area contributed by atoms with Crippen LogP contribution in [0, 0.1) is 0 Å². The molecule has 0 atom stereocenters. The Morgan fingerprint density at radius 2 is 1.89 bits per heavy atom. The zero-order valence-electron chi connectivity index (χ0n) is 11.8. The van der Waals surface area contributed by atoms with Gasteiger partial charge in [0, 0.05) is 26.4 Å². The number of likely N-dealkylation sites (N-methyl/N-ethyl adjacent to an activating group) is 1. The topological polar surface area (TPSA) is 50.8 Å². The van der Waals surface area contributed by atoms with E-state index in [1.165, 1.54) is 0 Å². The standard InChI is InChI=1S/C14H22N2O3/c1-4-18-9-10-19-13-7-5-12(6-8-13)15-11-14(17)16(2)3/h5-8,15H,4,9-11H2,1-3H3. The maximum atomic E-state index is 11.4. The molecule has 0 bridgehead atoms. The van der Waals surface area contributed by atoms with Gasteiger partial charge in [-0.2, -0.15) is 0 Å². The summed E-state index contributed by atoms with van der Waals surface area (Å²) in [5.74, 6) is 0.834. The molecule has 1 rings (SSSR count). The monoisotopic (exact) mass is 266 g/mol. The van der Waals surface area contributed by atoms with Gasteiger partial charge in [0.05, 0.1) is 13.2 Å². The first kappa shape index (κ1) is 15.3. The number of rotatable bonds is 8. The van der Waals surface area contributed by atoms with E-state index in [9.17, 15) is 4.79 Å². The van der Waals surface area contributed by atoms with Crippen molar-refractivity contribution in [3.8, 4) is 5.75 Å². The van der Waals surface area contributed by atoms with Crippen molar-refractivity contribution in [3.63, 3.8) is 0 Å². The first-order valence-electron chi connectivity index (χ1n) is 6.38. The number of hydrogen-bond donors (Lipinski definition) is 1. The van der Waals surface area contributed by atoms with Gasteiger partial charge in [-0.1, -0.05) is 0 Å². The summed E-state index contributed by atoms with van der Waals surface area (Å²) in [6, 6.07) is 7.51. The molecule has 0 saturated carbocycles. The fourth-order valence-electron chi connectivity index (χ4n) is 1.37. The zero-order chi connectivity index (χ0) is 14.1. The molecule has 0 fully saturated rings. The van der Waals surface area contributed by atoms with Crippen LogP contribution < -0.4 is 10.1 Å². The molecule has 5 heteroatoms. The highest BCUT2D eigenvalue weighted by molar-refractivity contribution is 5.80. The van der Waals surface area contributed by atoms with E-state index in [0.717, 1.165) is 11.4 Å². The third-order valence-electron chi connectivity index (χ3n) is 2.50. The lowest BCUT2D eigenvalue weighted by Crippen LogP contribution is -2.28. The highest BCUT2D eigenvalue weighted by Gasteiger charge is 2.03. The predicted octanol–water partition coefficient (Wildman–Crippen LogP) is 1.60. The number of anilines is 1. The van der Waals surface area contributed by atoms with Gasteiger partial charge < -0.3 is 19.7 Å². The molecular weight excluding hydrogens is 244 g/mol. The predicted molar refractivity (Wildman–Crippen MR) is 75.6 cm³/mol. The first-order valence-corrected chi connectivity index (χ1v) is 6.38. The van der Waals surface area contributed by atoms with Gasteiger partial charge in [-0.15, -0.1) is 0 Å². The summed E-state index contributed by atoms with van der Waals surface area (Å²) in [7, 11) is 3.47. The van der Waals surface area contributed by atoms with E-state index in [4.69, 9.17) is 9.47 Å². The SMILES string of the molecule is CCOCCOc1ccc(NCC(=O)N(C)C)cc1. The highest BCUT2D eigenvalue weighted by atomic mass is 16.5. The van der Waals surface area contributed by atoms with Crippen molar-refractivity contribution >= 4 is 11.6 Å². The summed E-state index contributed by atoms with van der Waals surface area (Å²) in [4.78, 5) is 13.0. The Morgan fingerprint density at radius 1 is 1.21 bits per heavy atom. The Kier molecular flexibility index (Phi) is 6.74. The number of nitrogens with one attached hydrogen (secondary N) is 1. The second kappa shape index (κ2) is 8.37. The normalized spacial score (nSPS) is 10.1. The second-order valence-corrected chi connectivity index (χ2v) is 4.21. The fourth-order valence-corrected chi connectivity index (χ4v) is 1.37. The lowest BCUT2D eigenvalue weighted by Gasteiger charge is -2.12. The highest BCUT2D eigenvalue weighted by Crippen LogP contribution is 2.15. The average Bonchev–Trinajstić information content (AvgIpc) is 2.42. The molecule has 0 aromatic heterocycles. The van der Waals surface area contributed by atoms with E-state index in [0.29, 0.717) is 19.8 Å². The van der Waals surface area contributed by atoms with Gasteiger partial charge in [0.1, 0.15) is 12.4 Å². The third kappa shape index (κ3) is 6.10. The van der Waals surface area contributed by atoms with Crippen molar-refractivity contribution in [3.05, 3.63) is 24.3 Å². The van der Waals surface area contributed by atoms with Crippen molar-refractivity contribution in [1.82, 2.24) is 4.90 Å². The smallest absolute Gasteiger partial charge is 0.241 e. The van der Waals surface area contributed by atoms with Gasteiger partial charge in [-0.3, -0.25) is 4.79 Å². The summed E-state index contributed by atoms with van der Waals surface area (Å²) in [6.45, 7) is 4.08. The first-order chi connectivity index (χ1) is 9.13. The number of benzene rings is 1. The van der Waals surface area contributed by atoms with Crippen LogP contribution in [0.3, 0.4) is 0 Å². The van der Waals surface area contributed by atoms with Crippen molar-refractivity contribution in [1.29, 1.82) is 0 Å². The average molecular weight is 266 g/mol. The van der Waals surface area contributed by atoms with Gasteiger partial charge >= 0.3 is 0 Å². The molecule has 0 saturated heterocycles. The van der Waals surface area contributed by atoms with Gasteiger partial charge in [0.2, 0.25) is 5.91 Å². The largest absolute Gasteiger partial charge is 0.491 e. The van der Waals surface area contributed by atoms with Crippen LogP contribution in [0.15, 0.2) is 24.3 Å². The maximum absolute atomic E-state index is 11.4. The Labute approximate surface area is 114 Å². The van der Waals surface area contributed by atoms with Gasteiger partial charge in [-0.05, 0) is 31.2 Å². The van der Waals surface area contributed by atoms with Crippen molar-refractivity contribution in [2.45, 2.75) is 6.92 Å². The summed E-state index contributed by atoms with van der Waals surface area (Å²) < 4.78 is 10.7. The summed E-state index contributed by atoms with van der Waals surface area (Å²) >= 11 is 0.